The predicted octanol–water partition coefficient (Wildman–Crippen LogP) is 4.90. The molecule has 2 aromatic rings. The van der Waals surface area contributed by atoms with Crippen LogP contribution in [0.25, 0.3) is 11.3 Å². The highest BCUT2D eigenvalue weighted by Gasteiger charge is 2.45. The number of likely N-dealkylation sites (tertiary alicyclic amines) is 1. The van der Waals surface area contributed by atoms with E-state index in [1.807, 2.05) is 6.08 Å². The Morgan fingerprint density at radius 2 is 1.83 bits per heavy atom. The number of thioether (sulfide) groups is 1. The lowest BCUT2D eigenvalue weighted by atomic mass is 10.0. The molecular weight excluding hydrogens is 571 g/mol. The molecule has 0 aliphatic carbocycles. The number of ether oxygens (including phenoxy) is 2. The fraction of sp³-hybridized carbons (Fsp3) is 0.552. The topological polar surface area (TPSA) is 80.1 Å². The molecule has 4 heterocycles. The third kappa shape index (κ3) is 6.56. The molecule has 9 nitrogen and oxygen atoms in total. The van der Waals surface area contributed by atoms with Gasteiger partial charge in [-0.3, -0.25) is 14.6 Å². The average molecular weight is 608 g/mol. The van der Waals surface area contributed by atoms with Crippen molar-refractivity contribution in [2.75, 3.05) is 44.9 Å². The van der Waals surface area contributed by atoms with Crippen LogP contribution < -0.4 is 4.74 Å². The molecule has 0 spiro atoms. The summed E-state index contributed by atoms with van der Waals surface area (Å²) in [5.74, 6) is 2.01. The quantitative estimate of drug-likeness (QED) is 0.479. The van der Waals surface area contributed by atoms with Crippen molar-refractivity contribution < 1.29 is 32.2 Å². The summed E-state index contributed by atoms with van der Waals surface area (Å²) >= 11 is 1.69. The van der Waals surface area contributed by atoms with Crippen LogP contribution in [0.1, 0.15) is 45.0 Å². The molecule has 1 aromatic carbocycles. The second-order valence-electron chi connectivity index (χ2n) is 11.7. The van der Waals surface area contributed by atoms with Crippen molar-refractivity contribution in [2.24, 2.45) is 0 Å². The van der Waals surface area contributed by atoms with E-state index in [2.05, 4.69) is 10.00 Å². The van der Waals surface area contributed by atoms with Crippen LogP contribution in [-0.2, 0) is 15.7 Å². The number of carbonyl (C=O) groups is 2. The Labute approximate surface area is 247 Å². The Hall–Kier alpha value is -3.19. The Kier molecular flexibility index (Phi) is 8.53. The first-order valence-electron chi connectivity index (χ1n) is 14.0. The Bertz CT molecular complexity index is 1330. The van der Waals surface area contributed by atoms with Gasteiger partial charge in [0, 0.05) is 38.0 Å². The Balaban J connectivity index is 1.36. The molecule has 0 unspecified atom stereocenters. The van der Waals surface area contributed by atoms with E-state index >= 15 is 0 Å². The van der Waals surface area contributed by atoms with Crippen molar-refractivity contribution in [3.63, 3.8) is 0 Å². The number of carbonyl (C=O) groups excluding carboxylic acids is 2. The number of halogens is 3. The average Bonchev–Trinajstić information content (AvgIpc) is 3.71. The van der Waals surface area contributed by atoms with Crippen LogP contribution in [0.5, 0.6) is 5.75 Å². The number of rotatable bonds is 5. The van der Waals surface area contributed by atoms with E-state index in [1.54, 1.807) is 66.6 Å². The number of nitrogens with zero attached hydrogens (tertiary/aromatic N) is 5. The van der Waals surface area contributed by atoms with Crippen molar-refractivity contribution in [3.05, 3.63) is 47.8 Å². The summed E-state index contributed by atoms with van der Waals surface area (Å²) in [6, 6.07) is 7.10. The van der Waals surface area contributed by atoms with Gasteiger partial charge in [0.05, 0.1) is 24.4 Å². The van der Waals surface area contributed by atoms with Gasteiger partial charge in [-0.1, -0.05) is 6.08 Å². The minimum Gasteiger partial charge on any atom is -0.497 e. The van der Waals surface area contributed by atoms with Crippen molar-refractivity contribution in [3.8, 4) is 11.4 Å². The SMILES string of the molecule is COc1ccc(-n2nc(C(F)(F)F)cc2C2=CCN([C@H]3C[C@@H](C(=O)N4CCSC4)N(C(=O)OC(C)(C)C)C3)CC2)cc1. The van der Waals surface area contributed by atoms with Crippen LogP contribution >= 0.6 is 11.8 Å². The van der Waals surface area contributed by atoms with Gasteiger partial charge in [-0.25, -0.2) is 9.48 Å². The van der Waals surface area contributed by atoms with Gasteiger partial charge < -0.3 is 14.4 Å². The number of hydrogen-bond donors (Lipinski definition) is 0. The number of benzene rings is 1. The molecular formula is C29H36F3N5O4S. The van der Waals surface area contributed by atoms with Crippen LogP contribution in [-0.4, -0.2) is 99.1 Å². The number of methoxy groups -OCH3 is 1. The zero-order chi connectivity index (χ0) is 30.2. The molecule has 0 radical (unpaired) electrons. The van der Waals surface area contributed by atoms with Gasteiger partial charge in [-0.15, -0.1) is 11.8 Å². The van der Waals surface area contributed by atoms with Crippen LogP contribution in [0.2, 0.25) is 0 Å². The lowest BCUT2D eigenvalue weighted by molar-refractivity contribution is -0.141. The fourth-order valence-electron chi connectivity index (χ4n) is 5.55. The second-order valence-corrected chi connectivity index (χ2v) is 12.7. The summed E-state index contributed by atoms with van der Waals surface area (Å²) in [5.41, 5.74) is -0.0176. The van der Waals surface area contributed by atoms with E-state index < -0.39 is 29.6 Å². The summed E-state index contributed by atoms with van der Waals surface area (Å²) in [6.45, 7) is 7.42. The first-order chi connectivity index (χ1) is 19.8. The maximum absolute atomic E-state index is 13.7. The zero-order valence-electron chi connectivity index (χ0n) is 24.2. The molecule has 1 aromatic heterocycles. The lowest BCUT2D eigenvalue weighted by Gasteiger charge is -2.32. The molecule has 3 aliphatic heterocycles. The third-order valence-corrected chi connectivity index (χ3v) is 8.62. The minimum absolute atomic E-state index is 0.0651. The van der Waals surface area contributed by atoms with Crippen LogP contribution in [0.15, 0.2) is 36.4 Å². The normalized spacial score (nSPS) is 21.9. The smallest absolute Gasteiger partial charge is 0.435 e. The van der Waals surface area contributed by atoms with E-state index in [4.69, 9.17) is 9.47 Å². The number of hydrogen-bond acceptors (Lipinski definition) is 7. The maximum atomic E-state index is 13.7. The highest BCUT2D eigenvalue weighted by molar-refractivity contribution is 7.99. The van der Waals surface area contributed by atoms with Gasteiger partial charge >= 0.3 is 12.3 Å². The Morgan fingerprint density at radius 1 is 1.10 bits per heavy atom. The molecule has 0 saturated carbocycles. The summed E-state index contributed by atoms with van der Waals surface area (Å²) in [5, 5.41) is 3.90. The summed E-state index contributed by atoms with van der Waals surface area (Å²) < 4.78 is 53.2. The lowest BCUT2D eigenvalue weighted by Crippen LogP contribution is -2.48. The molecule has 0 N–H and O–H groups in total. The first kappa shape index (κ1) is 30.3. The molecule has 0 bridgehead atoms. The van der Waals surface area contributed by atoms with Crippen LogP contribution in [0.4, 0.5) is 18.0 Å². The van der Waals surface area contributed by atoms with Crippen molar-refractivity contribution in [1.29, 1.82) is 0 Å². The van der Waals surface area contributed by atoms with Gasteiger partial charge in [-0.2, -0.15) is 18.3 Å². The predicted molar refractivity (Wildman–Crippen MR) is 153 cm³/mol. The van der Waals surface area contributed by atoms with Gasteiger partial charge in [-0.05, 0) is 69.5 Å². The largest absolute Gasteiger partial charge is 0.497 e. The molecule has 5 rings (SSSR count). The van der Waals surface area contributed by atoms with Crippen molar-refractivity contribution >= 4 is 29.3 Å². The molecule has 13 heteroatoms. The van der Waals surface area contributed by atoms with E-state index in [0.717, 1.165) is 17.4 Å². The zero-order valence-corrected chi connectivity index (χ0v) is 25.0. The second kappa shape index (κ2) is 11.8. The van der Waals surface area contributed by atoms with E-state index in [1.165, 1.54) is 11.8 Å². The van der Waals surface area contributed by atoms with Gasteiger partial charge in [0.15, 0.2) is 5.69 Å². The fourth-order valence-corrected chi connectivity index (χ4v) is 6.51. The van der Waals surface area contributed by atoms with Gasteiger partial charge in [0.1, 0.15) is 17.4 Å². The molecule has 2 atom stereocenters. The highest BCUT2D eigenvalue weighted by Crippen LogP contribution is 2.35. The van der Waals surface area contributed by atoms with E-state index in [0.29, 0.717) is 62.0 Å². The third-order valence-electron chi connectivity index (χ3n) is 7.66. The molecule has 42 heavy (non-hydrogen) atoms. The van der Waals surface area contributed by atoms with Crippen LogP contribution in [0, 0.1) is 0 Å². The molecule has 2 saturated heterocycles. The summed E-state index contributed by atoms with van der Waals surface area (Å²) in [7, 11) is 1.52. The minimum atomic E-state index is -4.59. The van der Waals surface area contributed by atoms with E-state index in [9.17, 15) is 22.8 Å². The molecule has 2 amide bonds. The van der Waals surface area contributed by atoms with Gasteiger partial charge in [0.25, 0.3) is 0 Å². The monoisotopic (exact) mass is 607 g/mol. The summed E-state index contributed by atoms with van der Waals surface area (Å²) in [4.78, 5) is 32.1. The Morgan fingerprint density at radius 3 is 2.40 bits per heavy atom. The number of amides is 2. The molecule has 228 valence electrons. The number of aromatic nitrogens is 2. The standard InChI is InChI=1S/C29H36F3N5O4S/c1-28(2,3)41-27(39)36-17-21(15-24(36)26(38)35-13-14-42-18-35)34-11-9-19(10-12-34)23-16-25(29(30,31)32)33-37(23)20-5-7-22(40-4)8-6-20/h5-9,16,21,24H,10-15,17-18H2,1-4H3/t21-,24-/m0/s1. The molecule has 2 fully saturated rings. The van der Waals surface area contributed by atoms with Crippen LogP contribution in [0.3, 0.4) is 0 Å². The number of alkyl halides is 3. The first-order valence-corrected chi connectivity index (χ1v) is 15.1. The van der Waals surface area contributed by atoms with Crippen molar-refractivity contribution in [1.82, 2.24) is 24.5 Å². The van der Waals surface area contributed by atoms with Crippen molar-refractivity contribution in [2.45, 2.75) is 57.5 Å². The molecule has 3 aliphatic rings. The van der Waals surface area contributed by atoms with Gasteiger partial charge in [0.2, 0.25) is 5.91 Å². The highest BCUT2D eigenvalue weighted by atomic mass is 32.2. The van der Waals surface area contributed by atoms with E-state index in [-0.39, 0.29) is 11.9 Å². The summed E-state index contributed by atoms with van der Waals surface area (Å²) in [6.07, 6.45) is -2.21. The maximum Gasteiger partial charge on any atom is 0.435 e.